The largest absolute Gasteiger partial charge is 0.396 e. The molecule has 2 rings (SSSR count). The lowest BCUT2D eigenvalue weighted by Crippen LogP contribution is -2.29. The normalized spacial score (nSPS) is 10.6. The smallest absolute Gasteiger partial charge is 0.319 e. The summed E-state index contributed by atoms with van der Waals surface area (Å²) in [5.41, 5.74) is 2.16. The van der Waals surface area contributed by atoms with Crippen LogP contribution in [0, 0.1) is 0 Å². The Labute approximate surface area is 128 Å². The number of aliphatic hydroxyl groups is 1. The molecule has 0 heterocycles. The molecule has 3 N–H and O–H groups in total. The van der Waals surface area contributed by atoms with Crippen molar-refractivity contribution in [2.45, 2.75) is 6.42 Å². The first-order chi connectivity index (χ1) is 10.8. The van der Waals surface area contributed by atoms with Crippen LogP contribution in [-0.4, -0.2) is 24.3 Å². The molecular weight excluding hydrogens is 280 g/mol. The number of nitrogens with one attached hydrogen (secondary N) is 2. The van der Waals surface area contributed by atoms with E-state index in [0.717, 1.165) is 5.69 Å². The summed E-state index contributed by atoms with van der Waals surface area (Å²) in [6.45, 7) is 0.493. The fourth-order valence-electron chi connectivity index (χ4n) is 1.68. The summed E-state index contributed by atoms with van der Waals surface area (Å²) in [6, 6.07) is 16.2. The second-order valence-corrected chi connectivity index (χ2v) is 4.54. The van der Waals surface area contributed by atoms with Gasteiger partial charge in [0.25, 0.3) is 0 Å². The van der Waals surface area contributed by atoms with E-state index in [0.29, 0.717) is 24.3 Å². The predicted octanol–water partition coefficient (Wildman–Crippen LogP) is 3.61. The van der Waals surface area contributed by atoms with E-state index in [4.69, 9.17) is 5.11 Å². The van der Waals surface area contributed by atoms with Crippen LogP contribution in [-0.2, 0) is 0 Å². The third kappa shape index (κ3) is 5.34. The van der Waals surface area contributed by atoms with Crippen LogP contribution in [0.3, 0.4) is 0 Å². The average Bonchev–Trinajstić information content (AvgIpc) is 2.55. The van der Waals surface area contributed by atoms with Gasteiger partial charge in [0.05, 0.1) is 11.4 Å². The van der Waals surface area contributed by atoms with Crippen molar-refractivity contribution in [2.75, 3.05) is 18.5 Å². The zero-order valence-corrected chi connectivity index (χ0v) is 12.1. The van der Waals surface area contributed by atoms with Crippen molar-refractivity contribution in [3.63, 3.8) is 0 Å². The van der Waals surface area contributed by atoms with Crippen LogP contribution in [0.25, 0.3) is 0 Å². The SMILES string of the molecule is O=C(NCCCO)Nc1ccc(N=Nc2ccccc2)cc1. The van der Waals surface area contributed by atoms with Crippen molar-refractivity contribution in [2.24, 2.45) is 10.2 Å². The summed E-state index contributed by atoms with van der Waals surface area (Å²) in [4.78, 5) is 11.5. The highest BCUT2D eigenvalue weighted by atomic mass is 16.3. The van der Waals surface area contributed by atoms with Crippen LogP contribution in [0.4, 0.5) is 21.9 Å². The molecule has 0 aliphatic carbocycles. The molecule has 0 saturated carbocycles. The zero-order valence-electron chi connectivity index (χ0n) is 12.1. The Kier molecular flexibility index (Phi) is 6.07. The lowest BCUT2D eigenvalue weighted by atomic mass is 10.3. The summed E-state index contributed by atoms with van der Waals surface area (Å²) < 4.78 is 0. The Morgan fingerprint density at radius 2 is 1.59 bits per heavy atom. The molecular formula is C16H18N4O2. The summed E-state index contributed by atoms with van der Waals surface area (Å²) in [5.74, 6) is 0. The van der Waals surface area contributed by atoms with Crippen LogP contribution in [0.2, 0.25) is 0 Å². The molecule has 2 amide bonds. The minimum Gasteiger partial charge on any atom is -0.396 e. The maximum absolute atomic E-state index is 11.5. The molecule has 0 aromatic heterocycles. The molecule has 0 bridgehead atoms. The number of nitrogens with zero attached hydrogens (tertiary/aromatic N) is 2. The first-order valence-electron chi connectivity index (χ1n) is 7.00. The number of rotatable bonds is 6. The molecule has 0 saturated heterocycles. The van der Waals surface area contributed by atoms with Gasteiger partial charge >= 0.3 is 6.03 Å². The topological polar surface area (TPSA) is 86.1 Å². The van der Waals surface area contributed by atoms with Gasteiger partial charge in [0.15, 0.2) is 0 Å². The Morgan fingerprint density at radius 3 is 2.23 bits per heavy atom. The van der Waals surface area contributed by atoms with E-state index in [1.165, 1.54) is 0 Å². The molecule has 0 spiro atoms. The van der Waals surface area contributed by atoms with Crippen molar-refractivity contribution in [1.29, 1.82) is 0 Å². The van der Waals surface area contributed by atoms with Crippen molar-refractivity contribution < 1.29 is 9.90 Å². The number of urea groups is 1. The summed E-state index contributed by atoms with van der Waals surface area (Å²) in [5, 5.41) is 22.2. The van der Waals surface area contributed by atoms with Gasteiger partial charge in [0, 0.05) is 18.8 Å². The zero-order chi connectivity index (χ0) is 15.6. The Bertz CT molecular complexity index is 612. The molecule has 0 atom stereocenters. The number of carbonyl (C=O) groups is 1. The van der Waals surface area contributed by atoms with Gasteiger partial charge in [0.2, 0.25) is 0 Å². The third-order valence-corrected chi connectivity index (χ3v) is 2.78. The average molecular weight is 298 g/mol. The third-order valence-electron chi connectivity index (χ3n) is 2.78. The highest BCUT2D eigenvalue weighted by Gasteiger charge is 2.00. The lowest BCUT2D eigenvalue weighted by Gasteiger charge is -2.06. The van der Waals surface area contributed by atoms with Gasteiger partial charge in [-0.05, 0) is 42.8 Å². The standard InChI is InChI=1S/C16H18N4O2/c21-12-4-11-17-16(22)18-13-7-9-15(10-8-13)20-19-14-5-2-1-3-6-14/h1-3,5-10,21H,4,11-12H2,(H2,17,18,22). The Balaban J connectivity index is 1.87. The van der Waals surface area contributed by atoms with E-state index in [9.17, 15) is 4.79 Å². The molecule has 22 heavy (non-hydrogen) atoms. The number of aliphatic hydroxyl groups excluding tert-OH is 1. The second-order valence-electron chi connectivity index (χ2n) is 4.54. The van der Waals surface area contributed by atoms with Crippen LogP contribution >= 0.6 is 0 Å². The van der Waals surface area contributed by atoms with Crippen molar-refractivity contribution in [3.8, 4) is 0 Å². The first-order valence-corrected chi connectivity index (χ1v) is 7.00. The molecule has 6 heteroatoms. The monoisotopic (exact) mass is 298 g/mol. The molecule has 2 aromatic rings. The summed E-state index contributed by atoms with van der Waals surface area (Å²) >= 11 is 0. The van der Waals surface area contributed by atoms with Crippen LogP contribution < -0.4 is 10.6 Å². The quantitative estimate of drug-likeness (QED) is 0.562. The number of anilines is 1. The molecule has 0 aliphatic heterocycles. The fourth-order valence-corrected chi connectivity index (χ4v) is 1.68. The minimum absolute atomic E-state index is 0.0569. The van der Waals surface area contributed by atoms with Crippen molar-refractivity contribution in [3.05, 3.63) is 54.6 Å². The second kappa shape index (κ2) is 8.53. The summed E-state index contributed by atoms with van der Waals surface area (Å²) in [7, 11) is 0. The molecule has 114 valence electrons. The highest BCUT2D eigenvalue weighted by Crippen LogP contribution is 2.19. The van der Waals surface area contributed by atoms with E-state index in [1.54, 1.807) is 24.3 Å². The van der Waals surface area contributed by atoms with Crippen LogP contribution in [0.1, 0.15) is 6.42 Å². The minimum atomic E-state index is -0.299. The Hall–Kier alpha value is -2.73. The van der Waals surface area contributed by atoms with Gasteiger partial charge in [-0.15, -0.1) is 0 Å². The maximum Gasteiger partial charge on any atom is 0.319 e. The number of carbonyl (C=O) groups excluding carboxylic acids is 1. The predicted molar refractivity (Wildman–Crippen MR) is 85.8 cm³/mol. The fraction of sp³-hybridized carbons (Fsp3) is 0.188. The van der Waals surface area contributed by atoms with Gasteiger partial charge in [-0.25, -0.2) is 4.79 Å². The van der Waals surface area contributed by atoms with E-state index in [1.807, 2.05) is 30.3 Å². The molecule has 2 aromatic carbocycles. The van der Waals surface area contributed by atoms with Gasteiger partial charge in [-0.1, -0.05) is 18.2 Å². The van der Waals surface area contributed by atoms with E-state index in [2.05, 4.69) is 20.9 Å². The molecule has 0 unspecified atom stereocenters. The highest BCUT2D eigenvalue weighted by molar-refractivity contribution is 5.89. The number of hydrogen-bond donors (Lipinski definition) is 3. The van der Waals surface area contributed by atoms with Gasteiger partial charge < -0.3 is 15.7 Å². The van der Waals surface area contributed by atoms with Crippen LogP contribution in [0.5, 0.6) is 0 Å². The molecule has 0 radical (unpaired) electrons. The molecule has 0 fully saturated rings. The number of amides is 2. The van der Waals surface area contributed by atoms with Crippen molar-refractivity contribution in [1.82, 2.24) is 5.32 Å². The number of azo groups is 1. The van der Waals surface area contributed by atoms with Crippen LogP contribution in [0.15, 0.2) is 64.8 Å². The van der Waals surface area contributed by atoms with E-state index in [-0.39, 0.29) is 12.6 Å². The van der Waals surface area contributed by atoms with Gasteiger partial charge in [-0.2, -0.15) is 10.2 Å². The maximum atomic E-state index is 11.5. The van der Waals surface area contributed by atoms with Gasteiger partial charge in [0.1, 0.15) is 0 Å². The molecule has 6 nitrogen and oxygen atoms in total. The van der Waals surface area contributed by atoms with E-state index < -0.39 is 0 Å². The Morgan fingerprint density at radius 1 is 0.955 bits per heavy atom. The lowest BCUT2D eigenvalue weighted by molar-refractivity contribution is 0.249. The first kappa shape index (κ1) is 15.7. The number of benzene rings is 2. The van der Waals surface area contributed by atoms with E-state index >= 15 is 0 Å². The van der Waals surface area contributed by atoms with Crippen molar-refractivity contribution >= 4 is 23.1 Å². The number of hydrogen-bond acceptors (Lipinski definition) is 4. The van der Waals surface area contributed by atoms with Gasteiger partial charge in [-0.3, -0.25) is 0 Å². The summed E-state index contributed by atoms with van der Waals surface area (Å²) in [6.07, 6.45) is 0.534. The molecule has 0 aliphatic rings.